The van der Waals surface area contributed by atoms with Crippen molar-refractivity contribution in [3.05, 3.63) is 35.9 Å². The lowest BCUT2D eigenvalue weighted by atomic mass is 9.89. The summed E-state index contributed by atoms with van der Waals surface area (Å²) in [6.07, 6.45) is 5.40. The van der Waals surface area contributed by atoms with Crippen LogP contribution in [0.4, 0.5) is 0 Å². The number of nitrogens with zero attached hydrogens (tertiary/aromatic N) is 1. The molecule has 0 radical (unpaired) electrons. The Morgan fingerprint density at radius 2 is 1.88 bits per heavy atom. The number of hydrogen-bond acceptors (Lipinski definition) is 2. The number of likely N-dealkylation sites (N-methyl/N-ethyl adjacent to an activating group) is 2. The van der Waals surface area contributed by atoms with Gasteiger partial charge in [-0.2, -0.15) is 0 Å². The molecule has 17 heavy (non-hydrogen) atoms. The van der Waals surface area contributed by atoms with Gasteiger partial charge in [-0.15, -0.1) is 0 Å². The fourth-order valence-electron chi connectivity index (χ4n) is 2.96. The standard InChI is InChI=1S/C15H24N2/c1-16-14-10-6-7-11-15(14)17(2)12-13-8-4-3-5-9-13/h3-5,8-9,14-16H,6-7,10-12H2,1-2H3/t14-,15+/m1/s1. The van der Waals surface area contributed by atoms with Gasteiger partial charge in [0.25, 0.3) is 0 Å². The first-order chi connectivity index (χ1) is 8.31. The predicted octanol–water partition coefficient (Wildman–Crippen LogP) is 2.65. The Morgan fingerprint density at radius 3 is 2.59 bits per heavy atom. The van der Waals surface area contributed by atoms with Crippen LogP contribution in [0, 0.1) is 0 Å². The van der Waals surface area contributed by atoms with Gasteiger partial charge in [-0.3, -0.25) is 4.90 Å². The summed E-state index contributed by atoms with van der Waals surface area (Å²) in [5.74, 6) is 0. The maximum absolute atomic E-state index is 3.48. The fraction of sp³-hybridized carbons (Fsp3) is 0.600. The van der Waals surface area contributed by atoms with Crippen LogP contribution in [0.1, 0.15) is 31.2 Å². The molecule has 1 aromatic rings. The van der Waals surface area contributed by atoms with Gasteiger partial charge in [0.2, 0.25) is 0 Å². The van der Waals surface area contributed by atoms with Crippen LogP contribution in [0.2, 0.25) is 0 Å². The van der Waals surface area contributed by atoms with E-state index in [-0.39, 0.29) is 0 Å². The SMILES string of the molecule is CN[C@@H]1CCCC[C@@H]1N(C)Cc1ccccc1. The van der Waals surface area contributed by atoms with Crippen LogP contribution >= 0.6 is 0 Å². The van der Waals surface area contributed by atoms with E-state index in [0.717, 1.165) is 6.54 Å². The maximum Gasteiger partial charge on any atom is 0.0249 e. The molecule has 2 rings (SSSR count). The molecule has 0 aliphatic heterocycles. The number of rotatable bonds is 4. The van der Waals surface area contributed by atoms with Gasteiger partial charge in [-0.25, -0.2) is 0 Å². The molecule has 1 aliphatic carbocycles. The van der Waals surface area contributed by atoms with Crippen molar-refractivity contribution in [1.82, 2.24) is 10.2 Å². The Hall–Kier alpha value is -0.860. The van der Waals surface area contributed by atoms with Crippen molar-refractivity contribution in [3.63, 3.8) is 0 Å². The molecule has 94 valence electrons. The first-order valence-corrected chi connectivity index (χ1v) is 6.72. The summed E-state index contributed by atoms with van der Waals surface area (Å²) in [5.41, 5.74) is 1.41. The van der Waals surface area contributed by atoms with Gasteiger partial charge < -0.3 is 5.32 Å². The second-order valence-electron chi connectivity index (χ2n) is 5.15. The van der Waals surface area contributed by atoms with E-state index in [1.54, 1.807) is 0 Å². The summed E-state index contributed by atoms with van der Waals surface area (Å²) in [7, 11) is 4.35. The van der Waals surface area contributed by atoms with Crippen LogP contribution in [0.5, 0.6) is 0 Å². The van der Waals surface area contributed by atoms with Gasteiger partial charge in [0.15, 0.2) is 0 Å². The topological polar surface area (TPSA) is 15.3 Å². The normalized spacial score (nSPS) is 25.1. The van der Waals surface area contributed by atoms with Crippen molar-refractivity contribution < 1.29 is 0 Å². The minimum absolute atomic E-state index is 0.664. The third-order valence-electron chi connectivity index (χ3n) is 3.94. The smallest absolute Gasteiger partial charge is 0.0249 e. The summed E-state index contributed by atoms with van der Waals surface area (Å²) in [5, 5.41) is 3.48. The first kappa shape index (κ1) is 12.6. The Bertz CT molecular complexity index is 323. The average molecular weight is 232 g/mol. The number of hydrogen-bond donors (Lipinski definition) is 1. The predicted molar refractivity (Wildman–Crippen MR) is 73.0 cm³/mol. The average Bonchev–Trinajstić information content (AvgIpc) is 2.40. The highest BCUT2D eigenvalue weighted by Gasteiger charge is 2.26. The van der Waals surface area contributed by atoms with Crippen molar-refractivity contribution in [2.75, 3.05) is 14.1 Å². The van der Waals surface area contributed by atoms with Crippen LogP contribution in [0.25, 0.3) is 0 Å². The van der Waals surface area contributed by atoms with E-state index in [2.05, 4.69) is 54.6 Å². The maximum atomic E-state index is 3.48. The molecule has 0 unspecified atom stereocenters. The molecule has 0 spiro atoms. The monoisotopic (exact) mass is 232 g/mol. The molecule has 1 saturated carbocycles. The minimum atomic E-state index is 0.664. The van der Waals surface area contributed by atoms with Crippen molar-refractivity contribution in [2.45, 2.75) is 44.3 Å². The third kappa shape index (κ3) is 3.30. The van der Waals surface area contributed by atoms with Crippen LogP contribution in [0.3, 0.4) is 0 Å². The van der Waals surface area contributed by atoms with E-state index in [0.29, 0.717) is 12.1 Å². The molecule has 1 aromatic carbocycles. The molecule has 1 fully saturated rings. The van der Waals surface area contributed by atoms with Gasteiger partial charge in [0.1, 0.15) is 0 Å². The van der Waals surface area contributed by atoms with Gasteiger partial charge in [-0.05, 0) is 32.5 Å². The highest BCUT2D eigenvalue weighted by Crippen LogP contribution is 2.23. The fourth-order valence-corrected chi connectivity index (χ4v) is 2.96. The highest BCUT2D eigenvalue weighted by atomic mass is 15.2. The second-order valence-corrected chi connectivity index (χ2v) is 5.15. The van der Waals surface area contributed by atoms with Crippen LogP contribution in [-0.2, 0) is 6.54 Å². The molecule has 0 saturated heterocycles. The van der Waals surface area contributed by atoms with Crippen LogP contribution in [0.15, 0.2) is 30.3 Å². The molecule has 0 aromatic heterocycles. The van der Waals surface area contributed by atoms with Crippen molar-refractivity contribution >= 4 is 0 Å². The number of nitrogens with one attached hydrogen (secondary N) is 1. The van der Waals surface area contributed by atoms with Crippen LogP contribution < -0.4 is 5.32 Å². The van der Waals surface area contributed by atoms with E-state index in [9.17, 15) is 0 Å². The largest absolute Gasteiger partial charge is 0.315 e. The lowest BCUT2D eigenvalue weighted by Crippen LogP contribution is -2.48. The summed E-state index contributed by atoms with van der Waals surface area (Å²) in [6.45, 7) is 1.06. The molecule has 2 nitrogen and oxygen atoms in total. The van der Waals surface area contributed by atoms with E-state index >= 15 is 0 Å². The molecule has 0 bridgehead atoms. The summed E-state index contributed by atoms with van der Waals surface area (Å²) in [6, 6.07) is 12.1. The van der Waals surface area contributed by atoms with Crippen LogP contribution in [-0.4, -0.2) is 31.1 Å². The second kappa shape index (κ2) is 6.18. The molecule has 0 heterocycles. The van der Waals surface area contributed by atoms with Crippen molar-refractivity contribution in [3.8, 4) is 0 Å². The highest BCUT2D eigenvalue weighted by molar-refractivity contribution is 5.14. The minimum Gasteiger partial charge on any atom is -0.315 e. The summed E-state index contributed by atoms with van der Waals surface area (Å²) >= 11 is 0. The quantitative estimate of drug-likeness (QED) is 0.858. The Kier molecular flexibility index (Phi) is 4.57. The van der Waals surface area contributed by atoms with Gasteiger partial charge in [0, 0.05) is 18.6 Å². The zero-order valence-electron chi connectivity index (χ0n) is 11.0. The third-order valence-corrected chi connectivity index (χ3v) is 3.94. The molecule has 2 atom stereocenters. The first-order valence-electron chi connectivity index (χ1n) is 6.72. The Balaban J connectivity index is 1.96. The zero-order valence-corrected chi connectivity index (χ0v) is 11.0. The lowest BCUT2D eigenvalue weighted by molar-refractivity contribution is 0.147. The molecule has 1 N–H and O–H groups in total. The Labute approximate surface area is 105 Å². The Morgan fingerprint density at radius 1 is 1.18 bits per heavy atom. The summed E-state index contributed by atoms with van der Waals surface area (Å²) in [4.78, 5) is 2.51. The van der Waals surface area contributed by atoms with Gasteiger partial charge in [-0.1, -0.05) is 43.2 Å². The molecule has 0 amide bonds. The van der Waals surface area contributed by atoms with E-state index in [4.69, 9.17) is 0 Å². The number of benzene rings is 1. The molecule has 2 heteroatoms. The van der Waals surface area contributed by atoms with Crippen molar-refractivity contribution in [2.24, 2.45) is 0 Å². The lowest BCUT2D eigenvalue weighted by Gasteiger charge is -2.38. The summed E-state index contributed by atoms with van der Waals surface area (Å²) < 4.78 is 0. The molecular formula is C15H24N2. The van der Waals surface area contributed by atoms with Gasteiger partial charge >= 0.3 is 0 Å². The van der Waals surface area contributed by atoms with E-state index in [1.165, 1.54) is 31.2 Å². The molecule has 1 aliphatic rings. The van der Waals surface area contributed by atoms with Crippen molar-refractivity contribution in [1.29, 1.82) is 0 Å². The van der Waals surface area contributed by atoms with E-state index < -0.39 is 0 Å². The zero-order chi connectivity index (χ0) is 12.1. The van der Waals surface area contributed by atoms with Gasteiger partial charge in [0.05, 0.1) is 0 Å². The van der Waals surface area contributed by atoms with E-state index in [1.807, 2.05) is 0 Å². The molecular weight excluding hydrogens is 208 g/mol.